The minimum absolute atomic E-state index is 0.0480. The van der Waals surface area contributed by atoms with Crippen LogP contribution in [0.4, 0.5) is 0 Å². The normalized spacial score (nSPS) is 15.9. The average Bonchev–Trinajstić information content (AvgIpc) is 2.85. The lowest BCUT2D eigenvalue weighted by Gasteiger charge is -2.11. The van der Waals surface area contributed by atoms with Gasteiger partial charge in [0.2, 0.25) is 0 Å². The molecule has 1 aliphatic rings. The van der Waals surface area contributed by atoms with Gasteiger partial charge in [0, 0.05) is 16.6 Å². The Bertz CT molecular complexity index is 425. The highest BCUT2D eigenvalue weighted by Gasteiger charge is 2.15. The number of carbonyl (C=O) groups excluding carboxylic acids is 1. The van der Waals surface area contributed by atoms with Crippen LogP contribution in [0, 0.1) is 12.8 Å². The van der Waals surface area contributed by atoms with Crippen LogP contribution in [0.5, 0.6) is 0 Å². The van der Waals surface area contributed by atoms with Crippen LogP contribution >= 0.6 is 15.9 Å². The van der Waals surface area contributed by atoms with Crippen molar-refractivity contribution in [1.82, 2.24) is 5.32 Å². The van der Waals surface area contributed by atoms with E-state index in [0.29, 0.717) is 0 Å². The molecule has 1 aromatic carbocycles. The number of carbonyl (C=O) groups is 1. The Balaban J connectivity index is 1.85. The molecule has 0 atom stereocenters. The van der Waals surface area contributed by atoms with E-state index in [1.54, 1.807) is 0 Å². The van der Waals surface area contributed by atoms with Crippen molar-refractivity contribution in [1.29, 1.82) is 0 Å². The Kier molecular flexibility index (Phi) is 4.81. The monoisotopic (exact) mass is 309 g/mol. The second-order valence-corrected chi connectivity index (χ2v) is 5.96. The number of amides is 1. The molecule has 0 bridgehead atoms. The van der Waals surface area contributed by atoms with E-state index < -0.39 is 0 Å². The molecule has 98 valence electrons. The summed E-state index contributed by atoms with van der Waals surface area (Å²) in [5.41, 5.74) is 1.78. The number of nitrogens with one attached hydrogen (secondary N) is 1. The number of halogens is 1. The summed E-state index contributed by atoms with van der Waals surface area (Å²) in [6.07, 6.45) is 6.53. The van der Waals surface area contributed by atoms with Gasteiger partial charge in [0.25, 0.3) is 5.91 Å². The lowest BCUT2D eigenvalue weighted by molar-refractivity contribution is 0.0951. The third kappa shape index (κ3) is 3.35. The summed E-state index contributed by atoms with van der Waals surface area (Å²) in [5, 5.41) is 3.03. The van der Waals surface area contributed by atoms with Gasteiger partial charge in [-0.15, -0.1) is 0 Å². The van der Waals surface area contributed by atoms with Gasteiger partial charge in [0.15, 0.2) is 0 Å². The predicted octanol–water partition coefficient (Wildman–Crippen LogP) is 4.07. The van der Waals surface area contributed by atoms with Gasteiger partial charge in [0.05, 0.1) is 0 Å². The molecule has 2 nitrogen and oxygen atoms in total. The maximum Gasteiger partial charge on any atom is 0.251 e. The Labute approximate surface area is 117 Å². The summed E-state index contributed by atoms with van der Waals surface area (Å²) in [4.78, 5) is 12.1. The van der Waals surface area contributed by atoms with Crippen molar-refractivity contribution in [3.8, 4) is 0 Å². The molecule has 0 aromatic heterocycles. The highest BCUT2D eigenvalue weighted by atomic mass is 79.9. The number of hydrogen-bond acceptors (Lipinski definition) is 1. The minimum atomic E-state index is 0.0480. The van der Waals surface area contributed by atoms with Crippen molar-refractivity contribution in [3.63, 3.8) is 0 Å². The maximum atomic E-state index is 12.1. The lowest BCUT2D eigenvalue weighted by atomic mass is 10.0. The zero-order valence-electron chi connectivity index (χ0n) is 10.8. The van der Waals surface area contributed by atoms with Crippen LogP contribution in [0.1, 0.15) is 48.0 Å². The minimum Gasteiger partial charge on any atom is -0.352 e. The molecule has 0 radical (unpaired) electrons. The van der Waals surface area contributed by atoms with Crippen LogP contribution < -0.4 is 5.32 Å². The first-order valence-electron chi connectivity index (χ1n) is 6.72. The van der Waals surface area contributed by atoms with Crippen molar-refractivity contribution >= 4 is 21.8 Å². The first kappa shape index (κ1) is 13.6. The lowest BCUT2D eigenvalue weighted by Crippen LogP contribution is -2.26. The number of hydrogen-bond donors (Lipinski definition) is 1. The molecule has 2 rings (SSSR count). The summed E-state index contributed by atoms with van der Waals surface area (Å²) < 4.78 is 0.992. The van der Waals surface area contributed by atoms with Gasteiger partial charge in [-0.3, -0.25) is 4.79 Å². The molecule has 3 heteroatoms. The molecule has 18 heavy (non-hydrogen) atoms. The van der Waals surface area contributed by atoms with Crippen molar-refractivity contribution in [3.05, 3.63) is 33.8 Å². The smallest absolute Gasteiger partial charge is 0.251 e. The van der Waals surface area contributed by atoms with E-state index in [-0.39, 0.29) is 5.91 Å². The third-order valence-corrected chi connectivity index (χ3v) is 4.68. The summed E-state index contributed by atoms with van der Waals surface area (Å²) in [7, 11) is 0. The highest BCUT2D eigenvalue weighted by Crippen LogP contribution is 2.27. The molecular formula is C15H20BrNO. The van der Waals surface area contributed by atoms with E-state index in [2.05, 4.69) is 21.2 Å². The van der Waals surface area contributed by atoms with Crippen LogP contribution in [0.15, 0.2) is 22.7 Å². The van der Waals surface area contributed by atoms with Gasteiger partial charge in [0.1, 0.15) is 0 Å². The van der Waals surface area contributed by atoms with Crippen molar-refractivity contribution in [2.24, 2.45) is 5.92 Å². The Morgan fingerprint density at radius 3 is 2.83 bits per heavy atom. The third-order valence-electron chi connectivity index (χ3n) is 3.83. The summed E-state index contributed by atoms with van der Waals surface area (Å²) in [6.45, 7) is 2.77. The zero-order valence-corrected chi connectivity index (χ0v) is 12.4. The molecular weight excluding hydrogens is 290 g/mol. The molecule has 1 fully saturated rings. The maximum absolute atomic E-state index is 12.1. The molecule has 0 aliphatic heterocycles. The van der Waals surface area contributed by atoms with Crippen LogP contribution in [-0.2, 0) is 0 Å². The zero-order chi connectivity index (χ0) is 13.0. The fourth-order valence-corrected chi connectivity index (χ4v) is 3.00. The van der Waals surface area contributed by atoms with Gasteiger partial charge in [-0.2, -0.15) is 0 Å². The van der Waals surface area contributed by atoms with Gasteiger partial charge < -0.3 is 5.32 Å². The number of benzene rings is 1. The second kappa shape index (κ2) is 6.37. The Hall–Kier alpha value is -0.830. The molecule has 0 unspecified atom stereocenters. The Morgan fingerprint density at radius 2 is 2.11 bits per heavy atom. The van der Waals surface area contributed by atoms with Crippen LogP contribution in [0.2, 0.25) is 0 Å². The first-order chi connectivity index (χ1) is 8.68. The van der Waals surface area contributed by atoms with Gasteiger partial charge in [-0.05, 0) is 37.0 Å². The number of rotatable bonds is 4. The molecule has 0 spiro atoms. The van der Waals surface area contributed by atoms with Gasteiger partial charge >= 0.3 is 0 Å². The standard InChI is InChI=1S/C15H20BrNO/c1-11-13(7-4-8-14(11)16)15(18)17-10-9-12-5-2-3-6-12/h4,7-8,12H,2-3,5-6,9-10H2,1H3,(H,17,18). The molecule has 0 saturated heterocycles. The Morgan fingerprint density at radius 1 is 1.39 bits per heavy atom. The highest BCUT2D eigenvalue weighted by molar-refractivity contribution is 9.10. The van der Waals surface area contributed by atoms with E-state index in [9.17, 15) is 4.79 Å². The summed E-state index contributed by atoms with van der Waals surface area (Å²) in [6, 6.07) is 5.75. The van der Waals surface area contributed by atoms with Crippen LogP contribution in [0.25, 0.3) is 0 Å². The summed E-state index contributed by atoms with van der Waals surface area (Å²) in [5.74, 6) is 0.876. The first-order valence-corrected chi connectivity index (χ1v) is 7.51. The van der Waals surface area contributed by atoms with Crippen molar-refractivity contribution in [2.75, 3.05) is 6.54 Å². The molecule has 1 aliphatic carbocycles. The van der Waals surface area contributed by atoms with Crippen LogP contribution in [-0.4, -0.2) is 12.5 Å². The van der Waals surface area contributed by atoms with E-state index >= 15 is 0 Å². The van der Waals surface area contributed by atoms with Gasteiger partial charge in [-0.25, -0.2) is 0 Å². The predicted molar refractivity (Wildman–Crippen MR) is 77.8 cm³/mol. The topological polar surface area (TPSA) is 29.1 Å². The van der Waals surface area contributed by atoms with E-state index in [1.165, 1.54) is 25.7 Å². The molecule has 1 aromatic rings. The van der Waals surface area contributed by atoms with E-state index in [4.69, 9.17) is 0 Å². The van der Waals surface area contributed by atoms with Crippen molar-refractivity contribution in [2.45, 2.75) is 39.0 Å². The fourth-order valence-electron chi connectivity index (χ4n) is 2.64. The largest absolute Gasteiger partial charge is 0.352 e. The fraction of sp³-hybridized carbons (Fsp3) is 0.533. The quantitative estimate of drug-likeness (QED) is 0.892. The summed E-state index contributed by atoms with van der Waals surface area (Å²) >= 11 is 3.46. The van der Waals surface area contributed by atoms with Crippen molar-refractivity contribution < 1.29 is 4.79 Å². The van der Waals surface area contributed by atoms with Gasteiger partial charge in [-0.1, -0.05) is 47.7 Å². The second-order valence-electron chi connectivity index (χ2n) is 5.11. The molecule has 0 heterocycles. The van der Waals surface area contributed by atoms with Crippen LogP contribution in [0.3, 0.4) is 0 Å². The van der Waals surface area contributed by atoms with E-state index in [1.807, 2.05) is 25.1 Å². The SMILES string of the molecule is Cc1c(Br)cccc1C(=O)NCCC1CCCC1. The average molecular weight is 310 g/mol. The molecule has 1 amide bonds. The molecule has 1 saturated carbocycles. The van der Waals surface area contributed by atoms with E-state index in [0.717, 1.165) is 34.5 Å². The molecule has 1 N–H and O–H groups in total.